The summed E-state index contributed by atoms with van der Waals surface area (Å²) in [7, 11) is 3.99. The molecule has 0 amide bonds. The Kier molecular flexibility index (Phi) is 10.1. The summed E-state index contributed by atoms with van der Waals surface area (Å²) < 4.78 is 17.5. The molecule has 34 heavy (non-hydrogen) atoms. The Hall–Kier alpha value is -2.74. The first-order valence-electron chi connectivity index (χ1n) is 12.6. The molecule has 0 saturated heterocycles. The van der Waals surface area contributed by atoms with Gasteiger partial charge in [0, 0.05) is 44.5 Å². The number of benzene rings is 1. The lowest BCUT2D eigenvalue weighted by molar-refractivity contribution is 0.280. The molecule has 1 fully saturated rings. The van der Waals surface area contributed by atoms with E-state index in [4.69, 9.17) is 14.2 Å². The molecule has 3 rings (SSSR count). The number of ether oxygens (including phenoxy) is 3. The lowest BCUT2D eigenvalue weighted by Crippen LogP contribution is -2.38. The normalized spacial score (nSPS) is 17.8. The Balaban J connectivity index is 1.53. The molecule has 0 radical (unpaired) electrons. The highest BCUT2D eigenvalue weighted by atomic mass is 16.5. The van der Waals surface area contributed by atoms with Gasteiger partial charge in [0.25, 0.3) is 0 Å². The fraction of sp³-hybridized carbons (Fsp3) is 0.615. The molecule has 0 aliphatic heterocycles. The van der Waals surface area contributed by atoms with Gasteiger partial charge < -0.3 is 29.7 Å². The minimum atomic E-state index is 0.479. The van der Waals surface area contributed by atoms with Crippen LogP contribution in [-0.2, 0) is 6.54 Å². The molecule has 0 atom stereocenters. The predicted octanol–water partition coefficient (Wildman–Crippen LogP) is 4.50. The third-order valence-corrected chi connectivity index (χ3v) is 6.35. The second-order valence-electron chi connectivity index (χ2n) is 8.61. The number of nitrogens with one attached hydrogen (secondary N) is 2. The molecule has 0 bridgehead atoms. The highest BCUT2D eigenvalue weighted by Crippen LogP contribution is 2.35. The van der Waals surface area contributed by atoms with Crippen molar-refractivity contribution in [3.8, 4) is 17.2 Å². The maximum absolute atomic E-state index is 5.90. The minimum absolute atomic E-state index is 0.479. The van der Waals surface area contributed by atoms with Gasteiger partial charge in [-0.05, 0) is 71.0 Å². The zero-order valence-corrected chi connectivity index (χ0v) is 21.4. The van der Waals surface area contributed by atoms with E-state index in [1.165, 1.54) is 12.8 Å². The van der Waals surface area contributed by atoms with Gasteiger partial charge in [-0.3, -0.25) is 0 Å². The highest BCUT2D eigenvalue weighted by Gasteiger charge is 2.25. The average molecular weight is 472 g/mol. The van der Waals surface area contributed by atoms with Crippen molar-refractivity contribution < 1.29 is 14.2 Å². The van der Waals surface area contributed by atoms with Crippen LogP contribution in [0.2, 0.25) is 0 Å². The largest absolute Gasteiger partial charge is 0.493 e. The molecule has 1 aliphatic rings. The number of anilines is 2. The first-order chi connectivity index (χ1) is 16.6. The number of hydrogen-bond donors (Lipinski definition) is 2. The molecule has 8 heteroatoms. The molecule has 1 aliphatic carbocycles. The molecular weight excluding hydrogens is 430 g/mol. The van der Waals surface area contributed by atoms with E-state index in [9.17, 15) is 0 Å². The van der Waals surface area contributed by atoms with Gasteiger partial charge in [-0.1, -0.05) is 0 Å². The van der Waals surface area contributed by atoms with Gasteiger partial charge in [0.2, 0.25) is 5.95 Å². The summed E-state index contributed by atoms with van der Waals surface area (Å²) in [4.78, 5) is 11.3. The molecule has 2 aromatic rings. The van der Waals surface area contributed by atoms with Crippen molar-refractivity contribution in [2.24, 2.45) is 5.92 Å². The number of nitrogens with zero attached hydrogens (tertiary/aromatic N) is 3. The van der Waals surface area contributed by atoms with Gasteiger partial charge in [-0.25, -0.2) is 4.98 Å². The second kappa shape index (κ2) is 13.2. The van der Waals surface area contributed by atoms with Gasteiger partial charge in [0.1, 0.15) is 11.6 Å². The molecule has 0 spiro atoms. The molecule has 188 valence electrons. The molecule has 1 aromatic carbocycles. The van der Waals surface area contributed by atoms with Crippen LogP contribution in [0.5, 0.6) is 17.2 Å². The van der Waals surface area contributed by atoms with Crippen molar-refractivity contribution in [2.45, 2.75) is 59.0 Å². The summed E-state index contributed by atoms with van der Waals surface area (Å²) in [6.07, 6.45) is 6.50. The van der Waals surface area contributed by atoms with Gasteiger partial charge in [-0.2, -0.15) is 4.98 Å². The van der Waals surface area contributed by atoms with E-state index in [1.54, 1.807) is 0 Å². The van der Waals surface area contributed by atoms with E-state index in [2.05, 4.69) is 38.6 Å². The molecule has 1 heterocycles. The summed E-state index contributed by atoms with van der Waals surface area (Å²) in [5.74, 6) is 4.68. The first-order valence-corrected chi connectivity index (χ1v) is 12.6. The summed E-state index contributed by atoms with van der Waals surface area (Å²) in [5, 5.41) is 6.75. The summed E-state index contributed by atoms with van der Waals surface area (Å²) >= 11 is 0. The fourth-order valence-corrected chi connectivity index (χ4v) is 4.52. The zero-order valence-electron chi connectivity index (χ0n) is 21.4. The van der Waals surface area contributed by atoms with Crippen LogP contribution in [0.4, 0.5) is 11.8 Å². The van der Waals surface area contributed by atoms with Crippen LogP contribution in [0.1, 0.15) is 52.0 Å². The zero-order chi connectivity index (χ0) is 24.3. The number of hydrogen-bond acceptors (Lipinski definition) is 8. The van der Waals surface area contributed by atoms with Crippen molar-refractivity contribution in [1.29, 1.82) is 0 Å². The monoisotopic (exact) mass is 471 g/mol. The molecule has 8 nitrogen and oxygen atoms in total. The average Bonchev–Trinajstić information content (AvgIpc) is 2.86. The van der Waals surface area contributed by atoms with Crippen LogP contribution >= 0.6 is 0 Å². The van der Waals surface area contributed by atoms with Crippen LogP contribution in [0.15, 0.2) is 24.4 Å². The van der Waals surface area contributed by atoms with E-state index in [1.807, 2.05) is 46.1 Å². The van der Waals surface area contributed by atoms with Crippen LogP contribution in [0.3, 0.4) is 0 Å². The van der Waals surface area contributed by atoms with E-state index >= 15 is 0 Å². The smallest absolute Gasteiger partial charge is 0.227 e. The fourth-order valence-electron chi connectivity index (χ4n) is 4.52. The summed E-state index contributed by atoms with van der Waals surface area (Å²) in [6.45, 7) is 9.51. The topological polar surface area (TPSA) is 80.8 Å². The lowest BCUT2D eigenvalue weighted by Gasteiger charge is -2.35. The summed E-state index contributed by atoms with van der Waals surface area (Å²) in [5.41, 5.74) is 1.10. The second-order valence-corrected chi connectivity index (χ2v) is 8.61. The van der Waals surface area contributed by atoms with Gasteiger partial charge in [0.05, 0.1) is 19.8 Å². The Morgan fingerprint density at radius 2 is 1.59 bits per heavy atom. The van der Waals surface area contributed by atoms with E-state index in [-0.39, 0.29) is 0 Å². The number of rotatable bonds is 13. The van der Waals surface area contributed by atoms with E-state index < -0.39 is 0 Å². The standard InChI is InChI=1S/C26H41N5O3/c1-6-32-22-16-24(34-8-3)23(33-7-2)15-20(22)18-28-17-19-9-11-21(12-10-19)31(5)26-29-14-13-25(27-4)30-26/h13-16,19,21,28H,6-12,17-18H2,1-5H3,(H,27,29,30). The van der Waals surface area contributed by atoms with Crippen LogP contribution in [0.25, 0.3) is 0 Å². The van der Waals surface area contributed by atoms with E-state index in [0.717, 1.165) is 60.5 Å². The predicted molar refractivity (Wildman–Crippen MR) is 137 cm³/mol. The van der Waals surface area contributed by atoms with Gasteiger partial charge in [0.15, 0.2) is 11.5 Å². The van der Waals surface area contributed by atoms with Gasteiger partial charge >= 0.3 is 0 Å². The van der Waals surface area contributed by atoms with Crippen molar-refractivity contribution in [1.82, 2.24) is 15.3 Å². The third kappa shape index (κ3) is 6.88. The highest BCUT2D eigenvalue weighted by molar-refractivity contribution is 5.51. The SMILES string of the molecule is CCOc1cc(OCC)c(OCC)cc1CNCC1CCC(N(C)c2nccc(NC)n2)CC1. The summed E-state index contributed by atoms with van der Waals surface area (Å²) in [6, 6.07) is 6.38. The Labute approximate surface area is 204 Å². The van der Waals surface area contributed by atoms with Crippen molar-refractivity contribution in [3.05, 3.63) is 30.0 Å². The molecule has 1 saturated carbocycles. The maximum Gasteiger partial charge on any atom is 0.227 e. The van der Waals surface area contributed by atoms with Crippen LogP contribution < -0.4 is 29.7 Å². The Bertz CT molecular complexity index is 887. The maximum atomic E-state index is 5.90. The van der Waals surface area contributed by atoms with E-state index in [0.29, 0.717) is 31.8 Å². The molecule has 0 unspecified atom stereocenters. The first kappa shape index (κ1) is 25.9. The lowest BCUT2D eigenvalue weighted by atomic mass is 9.85. The van der Waals surface area contributed by atoms with Crippen LogP contribution in [0, 0.1) is 5.92 Å². The van der Waals surface area contributed by atoms with Crippen LogP contribution in [-0.4, -0.2) is 56.5 Å². The van der Waals surface area contributed by atoms with Crippen molar-refractivity contribution in [2.75, 3.05) is 50.7 Å². The molecule has 2 N–H and O–H groups in total. The number of aromatic nitrogens is 2. The molecular formula is C26H41N5O3. The third-order valence-electron chi connectivity index (χ3n) is 6.35. The quantitative estimate of drug-likeness (QED) is 0.442. The minimum Gasteiger partial charge on any atom is -0.493 e. The van der Waals surface area contributed by atoms with Crippen molar-refractivity contribution in [3.63, 3.8) is 0 Å². The Morgan fingerprint density at radius 3 is 2.24 bits per heavy atom. The van der Waals surface area contributed by atoms with Crippen molar-refractivity contribution >= 4 is 11.8 Å². The Morgan fingerprint density at radius 1 is 0.941 bits per heavy atom. The van der Waals surface area contributed by atoms with Gasteiger partial charge in [-0.15, -0.1) is 0 Å². The molecule has 1 aromatic heterocycles.